The number of nitrogens with zero attached hydrogens (tertiary/aromatic N) is 2. The van der Waals surface area contributed by atoms with Crippen molar-refractivity contribution in [3.63, 3.8) is 0 Å². The number of amides is 1. The number of carboxylic acid groups (broad SMARTS) is 1. The van der Waals surface area contributed by atoms with Crippen LogP contribution in [0.3, 0.4) is 0 Å². The van der Waals surface area contributed by atoms with Crippen molar-refractivity contribution in [3.05, 3.63) is 85.9 Å². The summed E-state index contributed by atoms with van der Waals surface area (Å²) in [5.74, 6) is -0.850. The number of Topliss-reactive ketones (excluding diaryl/α,β-unsaturated/α-hetero) is 1. The molecule has 4 rings (SSSR count). The fourth-order valence-electron chi connectivity index (χ4n) is 5.78. The molecule has 3 heterocycles. The smallest absolute Gasteiger partial charge is 0.338 e. The van der Waals surface area contributed by atoms with Crippen LogP contribution >= 0.6 is 66.9 Å². The van der Waals surface area contributed by atoms with E-state index >= 15 is 0 Å². The van der Waals surface area contributed by atoms with Gasteiger partial charge in [0.2, 0.25) is 0 Å². The Labute approximate surface area is 338 Å². The first-order valence-electron chi connectivity index (χ1n) is 16.9. The molecule has 1 aliphatic rings. The van der Waals surface area contributed by atoms with Crippen LogP contribution in [0.1, 0.15) is 96.6 Å². The van der Waals surface area contributed by atoms with Crippen molar-refractivity contribution >= 4 is 94.6 Å². The van der Waals surface area contributed by atoms with Crippen LogP contribution in [0, 0.1) is 27.7 Å². The van der Waals surface area contributed by atoms with E-state index in [9.17, 15) is 19.2 Å². The minimum atomic E-state index is -0.867. The molecular formula is C37H52Br2ClN5O5S2. The number of aromatic carboxylic acids is 1. The number of nitrogens with one attached hydrogen (secondary N) is 2. The molecule has 1 aliphatic carbocycles. The molecule has 0 saturated carbocycles. The number of rotatable bonds is 11. The molecule has 5 N–H and O–H groups in total. The summed E-state index contributed by atoms with van der Waals surface area (Å²) in [7, 11) is 0. The molecule has 15 heteroatoms. The van der Waals surface area contributed by atoms with Crippen molar-refractivity contribution in [1.82, 2.24) is 10.3 Å². The summed E-state index contributed by atoms with van der Waals surface area (Å²) < 4.78 is 1.52. The van der Waals surface area contributed by atoms with Gasteiger partial charge < -0.3 is 30.9 Å². The van der Waals surface area contributed by atoms with Crippen molar-refractivity contribution in [2.75, 3.05) is 42.5 Å². The number of halogens is 3. The Kier molecular flexibility index (Phi) is 19.8. The van der Waals surface area contributed by atoms with E-state index in [0.717, 1.165) is 79.1 Å². The van der Waals surface area contributed by atoms with Gasteiger partial charge in [0.15, 0.2) is 5.78 Å². The highest BCUT2D eigenvalue weighted by Crippen LogP contribution is 2.40. The molecule has 0 radical (unpaired) electrons. The highest BCUT2D eigenvalue weighted by Gasteiger charge is 2.23. The van der Waals surface area contributed by atoms with E-state index in [2.05, 4.69) is 79.7 Å². The Morgan fingerprint density at radius 3 is 1.77 bits per heavy atom. The molecule has 0 unspecified atom stereocenters. The van der Waals surface area contributed by atoms with Crippen LogP contribution in [0.15, 0.2) is 41.2 Å². The molecule has 10 nitrogen and oxygen atoms in total. The second-order valence-electron chi connectivity index (χ2n) is 12.1. The number of hydrogen-bond acceptors (Lipinski definition) is 9. The van der Waals surface area contributed by atoms with Crippen molar-refractivity contribution < 1.29 is 19.5 Å². The number of allylic oxidation sites excluding steroid dienone is 3. The predicted molar refractivity (Wildman–Crippen MR) is 228 cm³/mol. The molecule has 288 valence electrons. The van der Waals surface area contributed by atoms with Gasteiger partial charge in [0, 0.05) is 62.5 Å². The Bertz CT molecular complexity index is 1860. The van der Waals surface area contributed by atoms with E-state index in [-0.39, 0.29) is 36.2 Å². The highest BCUT2D eigenvalue weighted by atomic mass is 79.9. The average molecular weight is 906 g/mol. The number of ketones is 1. The lowest BCUT2D eigenvalue weighted by molar-refractivity contribution is -0.115. The van der Waals surface area contributed by atoms with E-state index in [4.69, 9.17) is 10.8 Å². The standard InChI is InChI=1S/C18H24BrN3O2S.C10H14BrNO2S.C9H13NO.ClH/c1-6-22(7-2)18-12(5)14(15(19)25-18)17(24)20-9-13-10(3)8-11(4)21-16(13)23;1-4-12(5-2)9-6(3)7(10(13)14)8(11)15-9;1-6-3-7(2)8(5-10)9(11)4-6;/h8H,6-7,9H2,1-5H3,(H,20,24)(H,21,23);4-5H2,1-3H3,(H,13,14);3H,4-5,10H2,1-2H3;1H. The topological polar surface area (TPSA) is 149 Å². The Morgan fingerprint density at radius 1 is 0.885 bits per heavy atom. The summed E-state index contributed by atoms with van der Waals surface area (Å²) in [5.41, 5.74) is 13.4. The van der Waals surface area contributed by atoms with Crippen LogP contribution in [0.4, 0.5) is 10.0 Å². The van der Waals surface area contributed by atoms with Crippen molar-refractivity contribution in [1.29, 1.82) is 0 Å². The molecule has 0 aromatic carbocycles. The molecule has 0 atom stereocenters. The van der Waals surface area contributed by atoms with Gasteiger partial charge in [-0.15, -0.1) is 35.1 Å². The van der Waals surface area contributed by atoms with Gasteiger partial charge in [0.05, 0.1) is 28.7 Å². The van der Waals surface area contributed by atoms with Gasteiger partial charge in [-0.3, -0.25) is 14.4 Å². The first-order chi connectivity index (χ1) is 24.0. The number of carboxylic acids is 1. The molecule has 0 saturated heterocycles. The zero-order valence-electron chi connectivity index (χ0n) is 31.6. The average Bonchev–Trinajstić information content (AvgIpc) is 3.51. The monoisotopic (exact) mass is 903 g/mol. The Hall–Kier alpha value is -2.75. The maximum absolute atomic E-state index is 12.7. The minimum Gasteiger partial charge on any atom is -0.478 e. The number of thiophene rings is 2. The Morgan fingerprint density at radius 2 is 1.37 bits per heavy atom. The summed E-state index contributed by atoms with van der Waals surface area (Å²) in [5, 5.41) is 14.1. The van der Waals surface area contributed by atoms with Gasteiger partial charge >= 0.3 is 5.97 Å². The second-order valence-corrected chi connectivity index (χ2v) is 16.7. The minimum absolute atomic E-state index is 0. The van der Waals surface area contributed by atoms with Crippen LogP contribution in [0.5, 0.6) is 0 Å². The van der Waals surface area contributed by atoms with Gasteiger partial charge in [-0.1, -0.05) is 11.6 Å². The zero-order chi connectivity index (χ0) is 38.7. The summed E-state index contributed by atoms with van der Waals surface area (Å²) in [6, 6.07) is 1.91. The molecule has 1 amide bonds. The lowest BCUT2D eigenvalue weighted by Crippen LogP contribution is -2.28. The van der Waals surface area contributed by atoms with Gasteiger partial charge in [0.1, 0.15) is 0 Å². The fraction of sp³-hybridized carbons (Fsp3) is 0.459. The highest BCUT2D eigenvalue weighted by molar-refractivity contribution is 9.11. The van der Waals surface area contributed by atoms with Crippen LogP contribution < -0.4 is 26.4 Å². The molecule has 0 spiro atoms. The van der Waals surface area contributed by atoms with Crippen LogP contribution in [-0.2, 0) is 11.3 Å². The molecule has 52 heavy (non-hydrogen) atoms. The lowest BCUT2D eigenvalue weighted by Gasteiger charge is -2.20. The SMILES string of the molecule is CC1=CC(C)=C(CN)C(=O)C1.CCN(CC)c1sc(Br)c(C(=O)NCc2c(C)cc(C)[nH]c2=O)c1C.CCN(CC)c1sc(Br)c(C(=O)O)c1C.Cl. The quantitative estimate of drug-likeness (QED) is 0.149. The van der Waals surface area contributed by atoms with Crippen molar-refractivity contribution in [2.24, 2.45) is 5.73 Å². The number of carbonyl (C=O) groups excluding carboxylic acids is 2. The number of carbonyl (C=O) groups is 3. The second kappa shape index (κ2) is 21.8. The third-order valence-electron chi connectivity index (χ3n) is 8.54. The number of aromatic amines is 1. The van der Waals surface area contributed by atoms with E-state index < -0.39 is 5.97 Å². The summed E-state index contributed by atoms with van der Waals surface area (Å²) in [6.07, 6.45) is 2.58. The van der Waals surface area contributed by atoms with E-state index in [1.165, 1.54) is 11.3 Å². The van der Waals surface area contributed by atoms with Gasteiger partial charge in [-0.2, -0.15) is 0 Å². The first-order valence-corrected chi connectivity index (χ1v) is 20.1. The fourth-order valence-corrected chi connectivity index (χ4v) is 9.96. The van der Waals surface area contributed by atoms with Crippen molar-refractivity contribution in [2.45, 2.75) is 82.2 Å². The maximum atomic E-state index is 12.7. The van der Waals surface area contributed by atoms with E-state index in [1.807, 2.05) is 53.7 Å². The van der Waals surface area contributed by atoms with Gasteiger partial charge in [-0.25, -0.2) is 4.79 Å². The zero-order valence-corrected chi connectivity index (χ0v) is 37.3. The molecule has 3 aromatic heterocycles. The third-order valence-corrected chi connectivity index (χ3v) is 12.6. The molecule has 0 fully saturated rings. The normalized spacial score (nSPS) is 12.2. The number of H-pyrrole nitrogens is 1. The van der Waals surface area contributed by atoms with E-state index in [0.29, 0.717) is 33.4 Å². The van der Waals surface area contributed by atoms with Gasteiger partial charge in [-0.05, 0) is 129 Å². The molecule has 3 aromatic rings. The first kappa shape index (κ1) is 47.3. The van der Waals surface area contributed by atoms with Crippen molar-refractivity contribution in [3.8, 4) is 0 Å². The number of nitrogens with two attached hydrogens (primary N) is 1. The number of aromatic nitrogens is 1. The largest absolute Gasteiger partial charge is 0.478 e. The third kappa shape index (κ3) is 11.9. The Balaban J connectivity index is 0.000000426. The number of pyridine rings is 1. The predicted octanol–water partition coefficient (Wildman–Crippen LogP) is 8.87. The molecular weight excluding hydrogens is 854 g/mol. The number of anilines is 2. The van der Waals surface area contributed by atoms with E-state index in [1.54, 1.807) is 11.3 Å². The maximum Gasteiger partial charge on any atom is 0.338 e. The summed E-state index contributed by atoms with van der Waals surface area (Å²) in [6.45, 7) is 23.9. The number of aryl methyl sites for hydroxylation is 2. The lowest BCUT2D eigenvalue weighted by atomic mass is 9.93. The number of hydrogen-bond donors (Lipinski definition) is 4. The molecule has 0 bridgehead atoms. The van der Waals surface area contributed by atoms with Gasteiger partial charge in [0.25, 0.3) is 11.5 Å². The summed E-state index contributed by atoms with van der Waals surface area (Å²) in [4.78, 5) is 54.2. The van der Waals surface area contributed by atoms with Crippen LogP contribution in [0.25, 0.3) is 0 Å². The summed E-state index contributed by atoms with van der Waals surface area (Å²) >= 11 is 9.89. The van der Waals surface area contributed by atoms with Crippen LogP contribution in [0.2, 0.25) is 0 Å². The molecule has 0 aliphatic heterocycles. The van der Waals surface area contributed by atoms with Crippen LogP contribution in [-0.4, -0.2) is 60.5 Å².